The lowest BCUT2D eigenvalue weighted by Gasteiger charge is -2.36. The van der Waals surface area contributed by atoms with Crippen LogP contribution < -0.4 is 0 Å². The van der Waals surface area contributed by atoms with Crippen molar-refractivity contribution in [1.29, 1.82) is 0 Å². The fraction of sp³-hybridized carbons (Fsp3) is 0.600. The smallest absolute Gasteiger partial charge is 0.220 e. The van der Waals surface area contributed by atoms with Gasteiger partial charge in [-0.1, -0.05) is 12.1 Å². The molecule has 4 nitrogen and oxygen atoms in total. The van der Waals surface area contributed by atoms with E-state index in [1.807, 2.05) is 6.07 Å². The van der Waals surface area contributed by atoms with E-state index in [1.165, 1.54) is 10.4 Å². The number of nitrogens with zero attached hydrogens (tertiary/aromatic N) is 1. The molecule has 116 valence electrons. The third kappa shape index (κ3) is 2.39. The normalized spacial score (nSPS) is 30.3. The average molecular weight is 313 g/mol. The fourth-order valence-electron chi connectivity index (χ4n) is 3.46. The molecular formula is C15H20FNO3S. The minimum Gasteiger partial charge on any atom is -0.377 e. The van der Waals surface area contributed by atoms with Crippen molar-refractivity contribution in [2.75, 3.05) is 13.2 Å². The molecule has 3 rings (SSSR count). The van der Waals surface area contributed by atoms with Crippen LogP contribution in [-0.2, 0) is 21.2 Å². The van der Waals surface area contributed by atoms with E-state index in [4.69, 9.17) is 4.74 Å². The number of halogens is 1. The van der Waals surface area contributed by atoms with E-state index in [-0.39, 0.29) is 11.9 Å². The highest BCUT2D eigenvalue weighted by Crippen LogP contribution is 2.36. The molecule has 0 unspecified atom stereocenters. The minimum atomic E-state index is -3.48. The Labute approximate surface area is 125 Å². The molecule has 0 radical (unpaired) electrons. The second-order valence-corrected chi connectivity index (χ2v) is 7.90. The van der Waals surface area contributed by atoms with Crippen LogP contribution in [0.3, 0.4) is 0 Å². The lowest BCUT2D eigenvalue weighted by atomic mass is 9.95. The summed E-state index contributed by atoms with van der Waals surface area (Å²) in [6.07, 6.45) is 0.763. The highest BCUT2D eigenvalue weighted by Gasteiger charge is 2.43. The molecule has 2 aliphatic heterocycles. The number of benzene rings is 1. The number of hydrogen-bond acceptors (Lipinski definition) is 3. The first kappa shape index (κ1) is 14.9. The topological polar surface area (TPSA) is 46.6 Å². The Morgan fingerprint density at radius 2 is 2.10 bits per heavy atom. The summed E-state index contributed by atoms with van der Waals surface area (Å²) in [4.78, 5) is 0. The van der Waals surface area contributed by atoms with Crippen molar-refractivity contribution in [3.05, 3.63) is 35.1 Å². The van der Waals surface area contributed by atoms with Gasteiger partial charge in [0.1, 0.15) is 11.1 Å². The van der Waals surface area contributed by atoms with Gasteiger partial charge in [-0.15, -0.1) is 0 Å². The maximum Gasteiger partial charge on any atom is 0.220 e. The first-order valence-corrected chi connectivity index (χ1v) is 8.83. The summed E-state index contributed by atoms with van der Waals surface area (Å²) in [5.41, 5.74) is 1.42. The van der Waals surface area contributed by atoms with E-state index in [0.29, 0.717) is 31.6 Å². The van der Waals surface area contributed by atoms with Crippen molar-refractivity contribution in [1.82, 2.24) is 4.31 Å². The number of rotatable bonds is 2. The zero-order chi connectivity index (χ0) is 15.2. The van der Waals surface area contributed by atoms with Crippen LogP contribution in [-0.4, -0.2) is 37.2 Å². The maximum absolute atomic E-state index is 14.1. The predicted octanol–water partition coefficient (Wildman–Crippen LogP) is 2.25. The standard InChI is InChI=1S/C15H20FNO3S/c1-10-15-12(4-3-5-13(15)16)6-8-17(10)21(18,19)14-7-9-20-11(14)2/h3-5,10-11,14H,6-9H2,1-2H3/t10-,11-,14-/m0/s1. The van der Waals surface area contributed by atoms with Crippen molar-refractivity contribution in [3.63, 3.8) is 0 Å². The van der Waals surface area contributed by atoms with Gasteiger partial charge in [0.15, 0.2) is 0 Å². The van der Waals surface area contributed by atoms with E-state index in [9.17, 15) is 12.8 Å². The van der Waals surface area contributed by atoms with Gasteiger partial charge >= 0.3 is 0 Å². The predicted molar refractivity (Wildman–Crippen MR) is 78.0 cm³/mol. The molecule has 1 aromatic rings. The van der Waals surface area contributed by atoms with Gasteiger partial charge in [0.2, 0.25) is 10.0 Å². The van der Waals surface area contributed by atoms with Gasteiger partial charge < -0.3 is 4.74 Å². The fourth-order valence-corrected chi connectivity index (χ4v) is 5.66. The zero-order valence-electron chi connectivity index (χ0n) is 12.3. The van der Waals surface area contributed by atoms with Gasteiger partial charge in [-0.2, -0.15) is 4.31 Å². The molecule has 0 bridgehead atoms. The van der Waals surface area contributed by atoms with Crippen LogP contribution in [0, 0.1) is 5.82 Å². The SMILES string of the molecule is C[C@@H]1OCC[C@@H]1S(=O)(=O)N1CCc2cccc(F)c2[C@@H]1C. The van der Waals surface area contributed by atoms with Gasteiger partial charge in [-0.3, -0.25) is 0 Å². The van der Waals surface area contributed by atoms with Gasteiger partial charge in [-0.05, 0) is 38.3 Å². The summed E-state index contributed by atoms with van der Waals surface area (Å²) in [7, 11) is -3.48. The van der Waals surface area contributed by atoms with E-state index in [0.717, 1.165) is 5.56 Å². The van der Waals surface area contributed by atoms with Crippen molar-refractivity contribution in [2.24, 2.45) is 0 Å². The number of fused-ring (bicyclic) bond motifs is 1. The molecule has 21 heavy (non-hydrogen) atoms. The molecule has 0 spiro atoms. The first-order chi connectivity index (χ1) is 9.93. The summed E-state index contributed by atoms with van der Waals surface area (Å²) >= 11 is 0. The molecule has 0 aromatic heterocycles. The van der Waals surface area contributed by atoms with Crippen LogP contribution in [0.15, 0.2) is 18.2 Å². The molecule has 3 atom stereocenters. The van der Waals surface area contributed by atoms with Crippen LogP contribution in [0.1, 0.15) is 37.4 Å². The van der Waals surface area contributed by atoms with Crippen LogP contribution in [0.4, 0.5) is 4.39 Å². The number of sulfonamides is 1. The third-order valence-electron chi connectivity index (χ3n) is 4.61. The van der Waals surface area contributed by atoms with Gasteiger partial charge in [0, 0.05) is 18.7 Å². The molecule has 0 saturated carbocycles. The van der Waals surface area contributed by atoms with Gasteiger partial charge in [-0.25, -0.2) is 12.8 Å². The number of ether oxygens (including phenoxy) is 1. The molecule has 6 heteroatoms. The van der Waals surface area contributed by atoms with Crippen LogP contribution >= 0.6 is 0 Å². The maximum atomic E-state index is 14.1. The Bertz CT molecular complexity index is 646. The van der Waals surface area contributed by atoms with Crippen molar-refractivity contribution in [2.45, 2.75) is 44.1 Å². The van der Waals surface area contributed by atoms with E-state index >= 15 is 0 Å². The lowest BCUT2D eigenvalue weighted by Crippen LogP contribution is -2.46. The second-order valence-electron chi connectivity index (χ2n) is 5.80. The van der Waals surface area contributed by atoms with Gasteiger partial charge in [0.25, 0.3) is 0 Å². The summed E-state index contributed by atoms with van der Waals surface area (Å²) in [5.74, 6) is -0.323. The molecule has 0 N–H and O–H groups in total. The molecular weight excluding hydrogens is 293 g/mol. The Morgan fingerprint density at radius 1 is 1.33 bits per heavy atom. The molecule has 0 amide bonds. The lowest BCUT2D eigenvalue weighted by molar-refractivity contribution is 0.125. The summed E-state index contributed by atoms with van der Waals surface area (Å²) < 4.78 is 46.6. The Morgan fingerprint density at radius 3 is 2.76 bits per heavy atom. The first-order valence-electron chi connectivity index (χ1n) is 7.32. The monoisotopic (exact) mass is 313 g/mol. The third-order valence-corrected chi connectivity index (χ3v) is 7.15. The van der Waals surface area contributed by atoms with Crippen molar-refractivity contribution in [3.8, 4) is 0 Å². The Kier molecular flexibility index (Phi) is 3.80. The molecule has 2 aliphatic rings. The zero-order valence-corrected chi connectivity index (χ0v) is 13.1. The quantitative estimate of drug-likeness (QED) is 0.841. The van der Waals surface area contributed by atoms with E-state index in [2.05, 4.69) is 0 Å². The summed E-state index contributed by atoms with van der Waals surface area (Å²) in [6.45, 7) is 4.43. The highest BCUT2D eigenvalue weighted by atomic mass is 32.2. The van der Waals surface area contributed by atoms with Crippen molar-refractivity contribution < 1.29 is 17.5 Å². The van der Waals surface area contributed by atoms with Crippen LogP contribution in [0.5, 0.6) is 0 Å². The van der Waals surface area contributed by atoms with E-state index < -0.39 is 21.3 Å². The van der Waals surface area contributed by atoms with Crippen LogP contribution in [0.25, 0.3) is 0 Å². The Hall–Kier alpha value is -0.980. The largest absolute Gasteiger partial charge is 0.377 e. The summed E-state index contributed by atoms with van der Waals surface area (Å²) in [5, 5.41) is -0.520. The second kappa shape index (κ2) is 5.34. The minimum absolute atomic E-state index is 0.302. The molecule has 1 aromatic carbocycles. The van der Waals surface area contributed by atoms with E-state index in [1.54, 1.807) is 19.9 Å². The van der Waals surface area contributed by atoms with Crippen molar-refractivity contribution >= 4 is 10.0 Å². The van der Waals surface area contributed by atoms with Crippen LogP contribution in [0.2, 0.25) is 0 Å². The van der Waals surface area contributed by atoms with Gasteiger partial charge in [0.05, 0.1) is 12.1 Å². The molecule has 1 fully saturated rings. The summed E-state index contributed by atoms with van der Waals surface area (Å²) in [6, 6.07) is 4.48. The molecule has 0 aliphatic carbocycles. The highest BCUT2D eigenvalue weighted by molar-refractivity contribution is 7.89. The average Bonchev–Trinajstić information content (AvgIpc) is 2.86. The Balaban J connectivity index is 1.96. The molecule has 2 heterocycles. The number of hydrogen-bond donors (Lipinski definition) is 0. The molecule has 1 saturated heterocycles.